The average Bonchev–Trinajstić information content (AvgIpc) is 2.41. The summed E-state index contributed by atoms with van der Waals surface area (Å²) in [6.07, 6.45) is 0. The number of aryl methyl sites for hydroxylation is 1. The number of esters is 1. The highest BCUT2D eigenvalue weighted by Crippen LogP contribution is 2.28. The van der Waals surface area contributed by atoms with Gasteiger partial charge in [-0.15, -0.1) is 0 Å². The summed E-state index contributed by atoms with van der Waals surface area (Å²) in [5.74, 6) is -0.482. The van der Waals surface area contributed by atoms with E-state index in [0.717, 1.165) is 9.92 Å². The van der Waals surface area contributed by atoms with E-state index in [4.69, 9.17) is 11.6 Å². The molecule has 0 radical (unpaired) electrons. The maximum Gasteiger partial charge on any atom is 0.341 e. The van der Waals surface area contributed by atoms with Gasteiger partial charge in [0.25, 0.3) is 0 Å². The molecular formula is C14H12ClNO2S. The molecule has 98 valence electrons. The Morgan fingerprint density at radius 2 is 1.89 bits per heavy atom. The third kappa shape index (κ3) is 3.49. The Labute approximate surface area is 121 Å². The number of benzene rings is 1. The van der Waals surface area contributed by atoms with Crippen LogP contribution in [0.5, 0.6) is 0 Å². The van der Waals surface area contributed by atoms with Gasteiger partial charge in [-0.2, -0.15) is 0 Å². The molecule has 1 heterocycles. The summed E-state index contributed by atoms with van der Waals surface area (Å²) in [5, 5.41) is 0.894. The highest BCUT2D eigenvalue weighted by Gasteiger charge is 2.12. The van der Waals surface area contributed by atoms with Crippen LogP contribution >= 0.6 is 23.4 Å². The van der Waals surface area contributed by atoms with Crippen LogP contribution < -0.4 is 0 Å². The van der Waals surface area contributed by atoms with Crippen molar-refractivity contribution >= 4 is 29.3 Å². The summed E-state index contributed by atoms with van der Waals surface area (Å²) in [6, 6.07) is 11.5. The van der Waals surface area contributed by atoms with E-state index < -0.39 is 5.97 Å². The van der Waals surface area contributed by atoms with Crippen LogP contribution in [0.1, 0.15) is 15.9 Å². The second-order valence-electron chi connectivity index (χ2n) is 3.89. The van der Waals surface area contributed by atoms with E-state index in [1.165, 1.54) is 24.4 Å². The zero-order chi connectivity index (χ0) is 13.8. The van der Waals surface area contributed by atoms with E-state index in [1.807, 2.05) is 31.2 Å². The number of pyridine rings is 1. The number of carbonyl (C=O) groups excluding carboxylic acids is 1. The molecule has 1 aromatic heterocycles. The minimum absolute atomic E-state index is 0.156. The number of hydrogen-bond acceptors (Lipinski definition) is 4. The van der Waals surface area contributed by atoms with Crippen molar-refractivity contribution in [3.05, 3.63) is 52.7 Å². The van der Waals surface area contributed by atoms with Gasteiger partial charge < -0.3 is 4.74 Å². The van der Waals surface area contributed by atoms with E-state index in [2.05, 4.69) is 9.72 Å². The number of halogens is 1. The first-order chi connectivity index (χ1) is 9.10. The second kappa shape index (κ2) is 6.08. The smallest absolute Gasteiger partial charge is 0.341 e. The first-order valence-electron chi connectivity index (χ1n) is 5.59. The third-order valence-corrected chi connectivity index (χ3v) is 3.70. The normalized spacial score (nSPS) is 10.3. The van der Waals surface area contributed by atoms with Gasteiger partial charge in [-0.05, 0) is 31.2 Å². The Morgan fingerprint density at radius 1 is 1.21 bits per heavy atom. The maximum atomic E-state index is 11.4. The standard InChI is InChI=1S/C14H12ClNO2S/c1-9-3-5-10(6-4-9)19-12-8-7-11(13(15)16-12)14(17)18-2/h3-8H,1-2H3. The SMILES string of the molecule is COC(=O)c1ccc(Sc2ccc(C)cc2)nc1Cl. The minimum atomic E-state index is -0.482. The summed E-state index contributed by atoms with van der Waals surface area (Å²) in [5.41, 5.74) is 1.48. The summed E-state index contributed by atoms with van der Waals surface area (Å²) < 4.78 is 4.62. The number of methoxy groups -OCH3 is 1. The van der Waals surface area contributed by atoms with E-state index in [1.54, 1.807) is 12.1 Å². The summed E-state index contributed by atoms with van der Waals surface area (Å²) in [4.78, 5) is 16.6. The number of rotatable bonds is 3. The number of carbonyl (C=O) groups is 1. The first-order valence-corrected chi connectivity index (χ1v) is 6.79. The largest absolute Gasteiger partial charge is 0.465 e. The van der Waals surface area contributed by atoms with Crippen molar-refractivity contribution in [3.8, 4) is 0 Å². The number of ether oxygens (including phenoxy) is 1. The van der Waals surface area contributed by atoms with Gasteiger partial charge in [-0.1, -0.05) is 41.1 Å². The predicted octanol–water partition coefficient (Wildman–Crippen LogP) is 3.98. The van der Waals surface area contributed by atoms with Crippen molar-refractivity contribution in [1.29, 1.82) is 0 Å². The van der Waals surface area contributed by atoms with Crippen LogP contribution in [0.25, 0.3) is 0 Å². The van der Waals surface area contributed by atoms with Crippen LogP contribution in [0.15, 0.2) is 46.3 Å². The van der Waals surface area contributed by atoms with E-state index in [9.17, 15) is 4.79 Å². The Hall–Kier alpha value is -1.52. The van der Waals surface area contributed by atoms with Crippen LogP contribution in [0.3, 0.4) is 0 Å². The quantitative estimate of drug-likeness (QED) is 0.634. The molecule has 0 bridgehead atoms. The van der Waals surface area contributed by atoms with Crippen LogP contribution in [0.4, 0.5) is 0 Å². The number of aromatic nitrogens is 1. The minimum Gasteiger partial charge on any atom is -0.465 e. The molecule has 3 nitrogen and oxygen atoms in total. The molecule has 19 heavy (non-hydrogen) atoms. The lowest BCUT2D eigenvalue weighted by Crippen LogP contribution is -2.03. The molecule has 2 aromatic rings. The van der Waals surface area contributed by atoms with Gasteiger partial charge in [-0.3, -0.25) is 0 Å². The molecule has 0 aliphatic carbocycles. The van der Waals surface area contributed by atoms with Gasteiger partial charge >= 0.3 is 5.97 Å². The molecule has 0 saturated carbocycles. The first kappa shape index (κ1) is 13.9. The highest BCUT2D eigenvalue weighted by atomic mass is 35.5. The molecule has 0 atom stereocenters. The summed E-state index contributed by atoms with van der Waals surface area (Å²) in [7, 11) is 1.31. The topological polar surface area (TPSA) is 39.2 Å². The van der Waals surface area contributed by atoms with Crippen molar-refractivity contribution in [3.63, 3.8) is 0 Å². The number of hydrogen-bond donors (Lipinski definition) is 0. The van der Waals surface area contributed by atoms with Gasteiger partial charge in [0.05, 0.1) is 12.7 Å². The van der Waals surface area contributed by atoms with Crippen molar-refractivity contribution in [2.45, 2.75) is 16.8 Å². The lowest BCUT2D eigenvalue weighted by atomic mass is 10.2. The summed E-state index contributed by atoms with van der Waals surface area (Å²) >= 11 is 7.46. The van der Waals surface area contributed by atoms with E-state index in [0.29, 0.717) is 0 Å². The molecule has 0 unspecified atom stereocenters. The lowest BCUT2D eigenvalue weighted by Gasteiger charge is -2.05. The van der Waals surface area contributed by atoms with E-state index in [-0.39, 0.29) is 10.7 Å². The third-order valence-electron chi connectivity index (χ3n) is 2.47. The van der Waals surface area contributed by atoms with Crippen molar-refractivity contribution in [1.82, 2.24) is 4.98 Å². The van der Waals surface area contributed by atoms with Gasteiger partial charge in [-0.25, -0.2) is 9.78 Å². The highest BCUT2D eigenvalue weighted by molar-refractivity contribution is 7.99. The fraction of sp³-hybridized carbons (Fsp3) is 0.143. The molecule has 0 aliphatic rings. The Balaban J connectivity index is 2.20. The molecule has 0 amide bonds. The van der Waals surface area contributed by atoms with Crippen LogP contribution in [0, 0.1) is 6.92 Å². The molecule has 2 rings (SSSR count). The maximum absolute atomic E-state index is 11.4. The molecule has 0 spiro atoms. The van der Waals surface area contributed by atoms with Gasteiger partial charge in [0, 0.05) is 4.90 Å². The summed E-state index contributed by atoms with van der Waals surface area (Å²) in [6.45, 7) is 2.04. The van der Waals surface area contributed by atoms with Gasteiger partial charge in [0.2, 0.25) is 0 Å². The zero-order valence-corrected chi connectivity index (χ0v) is 12.1. The van der Waals surface area contributed by atoms with Gasteiger partial charge in [0.1, 0.15) is 10.2 Å². The fourth-order valence-corrected chi connectivity index (χ4v) is 2.53. The number of nitrogens with zero attached hydrogens (tertiary/aromatic N) is 1. The van der Waals surface area contributed by atoms with Crippen molar-refractivity contribution in [2.75, 3.05) is 7.11 Å². The Bertz CT molecular complexity index is 599. The molecule has 0 aliphatic heterocycles. The van der Waals surface area contributed by atoms with Gasteiger partial charge in [0.15, 0.2) is 0 Å². The van der Waals surface area contributed by atoms with Crippen molar-refractivity contribution < 1.29 is 9.53 Å². The fourth-order valence-electron chi connectivity index (χ4n) is 1.46. The molecule has 0 fully saturated rings. The molecule has 5 heteroatoms. The van der Waals surface area contributed by atoms with Crippen LogP contribution in [0.2, 0.25) is 5.15 Å². The average molecular weight is 294 g/mol. The monoisotopic (exact) mass is 293 g/mol. The predicted molar refractivity (Wildman–Crippen MR) is 75.9 cm³/mol. The van der Waals surface area contributed by atoms with Crippen LogP contribution in [-0.2, 0) is 4.74 Å². The molecule has 0 saturated heterocycles. The Morgan fingerprint density at radius 3 is 2.47 bits per heavy atom. The second-order valence-corrected chi connectivity index (χ2v) is 5.35. The molecule has 1 aromatic carbocycles. The lowest BCUT2D eigenvalue weighted by molar-refractivity contribution is 0.0600. The molecular weight excluding hydrogens is 282 g/mol. The Kier molecular flexibility index (Phi) is 4.45. The zero-order valence-electron chi connectivity index (χ0n) is 10.5. The van der Waals surface area contributed by atoms with Crippen LogP contribution in [-0.4, -0.2) is 18.1 Å². The molecule has 0 N–H and O–H groups in total. The van der Waals surface area contributed by atoms with Crippen molar-refractivity contribution in [2.24, 2.45) is 0 Å². The van der Waals surface area contributed by atoms with E-state index >= 15 is 0 Å².